The molecule has 0 atom stereocenters. The molecule has 7 nitrogen and oxygen atoms in total. The Labute approximate surface area is 149 Å². The Kier molecular flexibility index (Phi) is 4.53. The van der Waals surface area contributed by atoms with Crippen LogP contribution in [0.15, 0.2) is 36.4 Å². The van der Waals surface area contributed by atoms with E-state index in [-0.39, 0.29) is 40.0 Å². The maximum Gasteiger partial charge on any atom is 0.211 e. The fourth-order valence-electron chi connectivity index (χ4n) is 2.63. The number of benzene rings is 2. The van der Waals surface area contributed by atoms with E-state index < -0.39 is 0 Å². The Morgan fingerprint density at radius 1 is 0.846 bits per heavy atom. The number of ether oxygens (including phenoxy) is 3. The average molecular weight is 355 g/mol. The summed E-state index contributed by atoms with van der Waals surface area (Å²) in [5.74, 6) is -0.0311. The lowest BCUT2D eigenvalue weighted by Gasteiger charge is -2.11. The van der Waals surface area contributed by atoms with Gasteiger partial charge in [0.1, 0.15) is 5.69 Å². The molecule has 134 valence electrons. The van der Waals surface area contributed by atoms with E-state index in [1.54, 1.807) is 18.2 Å². The molecule has 0 aliphatic heterocycles. The van der Waals surface area contributed by atoms with Crippen LogP contribution in [-0.2, 0) is 0 Å². The van der Waals surface area contributed by atoms with Gasteiger partial charge >= 0.3 is 0 Å². The molecule has 0 radical (unpaired) electrons. The molecule has 0 fully saturated rings. The largest absolute Gasteiger partial charge is 0.504 e. The lowest BCUT2D eigenvalue weighted by atomic mass is 10.0. The first kappa shape index (κ1) is 17.3. The van der Waals surface area contributed by atoms with Crippen LogP contribution in [0.4, 0.5) is 0 Å². The van der Waals surface area contributed by atoms with Crippen molar-refractivity contribution in [3.05, 3.63) is 47.7 Å². The van der Waals surface area contributed by atoms with Gasteiger partial charge in [-0.3, -0.25) is 4.79 Å². The molecule has 1 heterocycles. The van der Waals surface area contributed by atoms with E-state index in [1.165, 1.54) is 39.5 Å². The quantitative estimate of drug-likeness (QED) is 0.679. The van der Waals surface area contributed by atoms with Crippen molar-refractivity contribution >= 4 is 16.7 Å². The number of nitrogens with zero attached hydrogens (tertiary/aromatic N) is 1. The fraction of sp³-hybridized carbons (Fsp3) is 0.158. The number of carbonyl (C=O) groups is 1. The number of ketones is 1. The van der Waals surface area contributed by atoms with Crippen LogP contribution in [0.3, 0.4) is 0 Å². The molecule has 0 amide bonds. The topological polar surface area (TPSA) is 98.1 Å². The Bertz CT molecular complexity index is 974. The number of aromatic nitrogens is 1. The zero-order valence-electron chi connectivity index (χ0n) is 14.4. The highest BCUT2D eigenvalue weighted by molar-refractivity contribution is 6.09. The van der Waals surface area contributed by atoms with E-state index in [0.29, 0.717) is 16.7 Å². The van der Waals surface area contributed by atoms with Gasteiger partial charge in [-0.25, -0.2) is 4.98 Å². The van der Waals surface area contributed by atoms with Crippen molar-refractivity contribution in [3.8, 4) is 28.7 Å². The molecule has 0 saturated carbocycles. The minimum absolute atomic E-state index is 0.0375. The Morgan fingerprint density at radius 3 is 2.04 bits per heavy atom. The van der Waals surface area contributed by atoms with Crippen molar-refractivity contribution in [2.45, 2.75) is 0 Å². The highest BCUT2D eigenvalue weighted by Gasteiger charge is 2.19. The van der Waals surface area contributed by atoms with Crippen molar-refractivity contribution in [2.75, 3.05) is 21.3 Å². The van der Waals surface area contributed by atoms with Crippen LogP contribution >= 0.6 is 0 Å². The molecule has 1 aromatic heterocycles. The van der Waals surface area contributed by atoms with Gasteiger partial charge in [-0.2, -0.15) is 0 Å². The molecule has 2 aromatic carbocycles. The predicted octanol–water partition coefficient (Wildman–Crippen LogP) is 2.90. The summed E-state index contributed by atoms with van der Waals surface area (Å²) in [6.07, 6.45) is 0. The van der Waals surface area contributed by atoms with E-state index >= 15 is 0 Å². The van der Waals surface area contributed by atoms with E-state index in [4.69, 9.17) is 14.2 Å². The van der Waals surface area contributed by atoms with Crippen LogP contribution in [0.5, 0.6) is 28.7 Å². The van der Waals surface area contributed by atoms with Gasteiger partial charge in [0.25, 0.3) is 0 Å². The van der Waals surface area contributed by atoms with E-state index in [9.17, 15) is 15.0 Å². The summed E-state index contributed by atoms with van der Waals surface area (Å²) in [7, 11) is 4.22. The van der Waals surface area contributed by atoms with Crippen LogP contribution in [0.1, 0.15) is 16.1 Å². The van der Waals surface area contributed by atoms with E-state index in [0.717, 1.165) is 0 Å². The summed E-state index contributed by atoms with van der Waals surface area (Å²) in [4.78, 5) is 17.1. The number of methoxy groups -OCH3 is 3. The van der Waals surface area contributed by atoms with Gasteiger partial charge in [0.05, 0.1) is 26.8 Å². The number of hydrogen-bond donors (Lipinski definition) is 2. The SMILES string of the molecule is COc1cc(C(=O)c2ccc3c(O)c(OC)ccc3n2)cc(OC)c1O. The van der Waals surface area contributed by atoms with Gasteiger partial charge in [0, 0.05) is 10.9 Å². The van der Waals surface area contributed by atoms with Gasteiger partial charge in [-0.05, 0) is 36.4 Å². The minimum atomic E-state index is -0.376. The highest BCUT2D eigenvalue weighted by Crippen LogP contribution is 2.38. The Balaban J connectivity index is 2.08. The summed E-state index contributed by atoms with van der Waals surface area (Å²) in [5, 5.41) is 20.6. The van der Waals surface area contributed by atoms with Crippen LogP contribution in [0.2, 0.25) is 0 Å². The number of hydrogen-bond acceptors (Lipinski definition) is 7. The molecule has 3 rings (SSSR count). The van der Waals surface area contributed by atoms with Crippen LogP contribution in [0.25, 0.3) is 10.9 Å². The van der Waals surface area contributed by atoms with Crippen LogP contribution < -0.4 is 14.2 Å². The lowest BCUT2D eigenvalue weighted by molar-refractivity contribution is 0.103. The van der Waals surface area contributed by atoms with Gasteiger partial charge in [-0.15, -0.1) is 0 Å². The molecule has 26 heavy (non-hydrogen) atoms. The summed E-state index contributed by atoms with van der Waals surface area (Å²) in [6, 6.07) is 9.17. The molecule has 0 aliphatic carbocycles. The molecular weight excluding hydrogens is 338 g/mol. The third kappa shape index (κ3) is 2.83. The molecule has 7 heteroatoms. The van der Waals surface area contributed by atoms with Gasteiger partial charge in [0.2, 0.25) is 11.5 Å². The minimum Gasteiger partial charge on any atom is -0.504 e. The van der Waals surface area contributed by atoms with Gasteiger partial charge < -0.3 is 24.4 Å². The lowest BCUT2D eigenvalue weighted by Crippen LogP contribution is -2.05. The van der Waals surface area contributed by atoms with Gasteiger partial charge in [-0.1, -0.05) is 0 Å². The summed E-state index contributed by atoms with van der Waals surface area (Å²) < 4.78 is 15.2. The number of aromatic hydroxyl groups is 2. The molecule has 0 saturated heterocycles. The summed E-state index contributed by atoms with van der Waals surface area (Å²) in [6.45, 7) is 0. The van der Waals surface area contributed by atoms with Crippen molar-refractivity contribution < 1.29 is 29.2 Å². The normalized spacial score (nSPS) is 10.6. The maximum atomic E-state index is 12.8. The zero-order valence-corrected chi connectivity index (χ0v) is 14.4. The number of fused-ring (bicyclic) bond motifs is 1. The third-order valence-corrected chi connectivity index (χ3v) is 4.00. The van der Waals surface area contributed by atoms with Crippen molar-refractivity contribution in [1.82, 2.24) is 4.98 Å². The van der Waals surface area contributed by atoms with E-state index in [1.807, 2.05) is 0 Å². The van der Waals surface area contributed by atoms with Gasteiger partial charge in [0.15, 0.2) is 23.0 Å². The first-order chi connectivity index (χ1) is 12.5. The molecule has 0 aliphatic rings. The molecule has 3 aromatic rings. The Hall–Kier alpha value is -3.48. The van der Waals surface area contributed by atoms with Crippen molar-refractivity contribution in [1.29, 1.82) is 0 Å². The summed E-state index contributed by atoms with van der Waals surface area (Å²) in [5.41, 5.74) is 0.879. The number of phenolic OH excluding ortho intramolecular Hbond substituents is 2. The molecule has 2 N–H and O–H groups in total. The highest BCUT2D eigenvalue weighted by atomic mass is 16.5. The molecule has 0 bridgehead atoms. The summed E-state index contributed by atoms with van der Waals surface area (Å²) >= 11 is 0. The standard InChI is InChI=1S/C19H17NO6/c1-24-14-7-6-12-11(18(14)22)4-5-13(20-12)17(21)10-8-15(25-2)19(23)16(9-10)26-3/h4-9,22-23H,1-3H3. The monoisotopic (exact) mass is 355 g/mol. The molecular formula is C19H17NO6. The number of rotatable bonds is 5. The molecule has 0 unspecified atom stereocenters. The maximum absolute atomic E-state index is 12.8. The van der Waals surface area contributed by atoms with Crippen molar-refractivity contribution in [3.63, 3.8) is 0 Å². The Morgan fingerprint density at radius 2 is 1.46 bits per heavy atom. The van der Waals surface area contributed by atoms with Crippen molar-refractivity contribution in [2.24, 2.45) is 0 Å². The smallest absolute Gasteiger partial charge is 0.211 e. The number of phenols is 2. The first-order valence-electron chi connectivity index (χ1n) is 7.66. The second-order valence-electron chi connectivity index (χ2n) is 5.44. The van der Waals surface area contributed by atoms with Crippen LogP contribution in [-0.4, -0.2) is 42.3 Å². The average Bonchev–Trinajstić information content (AvgIpc) is 2.67. The predicted molar refractivity (Wildman–Crippen MR) is 94.6 cm³/mol. The number of carbonyl (C=O) groups excluding carboxylic acids is 1. The van der Waals surface area contributed by atoms with E-state index in [2.05, 4.69) is 4.98 Å². The number of pyridine rings is 1. The second kappa shape index (κ2) is 6.79. The third-order valence-electron chi connectivity index (χ3n) is 4.00. The fourth-order valence-corrected chi connectivity index (χ4v) is 2.63. The second-order valence-corrected chi connectivity index (χ2v) is 5.44. The van der Waals surface area contributed by atoms with Crippen LogP contribution in [0, 0.1) is 0 Å². The first-order valence-corrected chi connectivity index (χ1v) is 7.66. The molecule has 0 spiro atoms. The zero-order chi connectivity index (χ0) is 18.8.